The summed E-state index contributed by atoms with van der Waals surface area (Å²) in [5.74, 6) is -0.466. The van der Waals surface area contributed by atoms with E-state index in [0.717, 1.165) is 6.08 Å². The zero-order valence-corrected chi connectivity index (χ0v) is 11.3. The number of rotatable bonds is 3. The number of ether oxygens (including phenoxy) is 2. The summed E-state index contributed by atoms with van der Waals surface area (Å²) in [4.78, 5) is 25.1. The predicted molar refractivity (Wildman–Crippen MR) is 68.5 cm³/mol. The third-order valence-corrected chi connectivity index (χ3v) is 3.34. The van der Waals surface area contributed by atoms with Crippen LogP contribution in [0.15, 0.2) is 12.7 Å². The van der Waals surface area contributed by atoms with Crippen LogP contribution in [0, 0.1) is 0 Å². The number of amides is 2. The van der Waals surface area contributed by atoms with Crippen LogP contribution in [0.1, 0.15) is 13.8 Å². The Morgan fingerprint density at radius 2 is 2.21 bits per heavy atom. The lowest BCUT2D eigenvalue weighted by atomic mass is 10.0. The van der Waals surface area contributed by atoms with Crippen molar-refractivity contribution in [3.8, 4) is 0 Å². The number of carbonyl (C=O) groups is 2. The molecule has 0 aromatic rings. The lowest BCUT2D eigenvalue weighted by Gasteiger charge is -2.45. The zero-order valence-electron chi connectivity index (χ0n) is 11.3. The van der Waals surface area contributed by atoms with Gasteiger partial charge in [0.05, 0.1) is 31.4 Å². The van der Waals surface area contributed by atoms with Crippen molar-refractivity contribution in [2.45, 2.75) is 31.6 Å². The van der Waals surface area contributed by atoms with Crippen LogP contribution in [0.3, 0.4) is 0 Å². The molecule has 2 aliphatic rings. The molecule has 6 heteroatoms. The minimum absolute atomic E-state index is 0.0237. The van der Waals surface area contributed by atoms with E-state index in [0.29, 0.717) is 19.8 Å². The van der Waals surface area contributed by atoms with Gasteiger partial charge in [-0.1, -0.05) is 6.58 Å². The first-order chi connectivity index (χ1) is 8.93. The first-order valence-corrected chi connectivity index (χ1v) is 6.38. The van der Waals surface area contributed by atoms with E-state index in [2.05, 4.69) is 11.9 Å². The van der Waals surface area contributed by atoms with Gasteiger partial charge in [0.25, 0.3) is 0 Å². The summed E-state index contributed by atoms with van der Waals surface area (Å²) >= 11 is 0. The zero-order chi connectivity index (χ0) is 14.0. The minimum Gasteiger partial charge on any atom is -0.376 e. The summed E-state index contributed by atoms with van der Waals surface area (Å²) in [7, 11) is 0. The molecule has 1 N–H and O–H groups in total. The fraction of sp³-hybridized carbons (Fsp3) is 0.692. The van der Waals surface area contributed by atoms with Crippen LogP contribution in [0.25, 0.3) is 0 Å². The third-order valence-electron chi connectivity index (χ3n) is 3.34. The van der Waals surface area contributed by atoms with Gasteiger partial charge in [0.2, 0.25) is 11.8 Å². The van der Waals surface area contributed by atoms with Crippen molar-refractivity contribution in [1.82, 2.24) is 10.2 Å². The Kier molecular flexibility index (Phi) is 3.91. The van der Waals surface area contributed by atoms with Crippen molar-refractivity contribution in [3.63, 3.8) is 0 Å². The Labute approximate surface area is 112 Å². The molecule has 0 bridgehead atoms. The quantitative estimate of drug-likeness (QED) is 0.713. The average molecular weight is 268 g/mol. The highest BCUT2D eigenvalue weighted by atomic mass is 16.6. The third kappa shape index (κ3) is 3.13. The summed E-state index contributed by atoms with van der Waals surface area (Å²) in [6.45, 7) is 8.72. The van der Waals surface area contributed by atoms with Gasteiger partial charge in [0, 0.05) is 6.54 Å². The van der Waals surface area contributed by atoms with Crippen molar-refractivity contribution >= 4 is 11.8 Å². The second-order valence-electron chi connectivity index (χ2n) is 5.46. The summed E-state index contributed by atoms with van der Waals surface area (Å²) in [6.07, 6.45) is 1.07. The maximum absolute atomic E-state index is 12.2. The molecule has 0 spiro atoms. The highest BCUT2D eigenvalue weighted by molar-refractivity contribution is 5.90. The Bertz CT molecular complexity index is 394. The number of nitrogens with one attached hydrogen (secondary N) is 1. The maximum atomic E-state index is 12.2. The monoisotopic (exact) mass is 268 g/mol. The van der Waals surface area contributed by atoms with E-state index in [9.17, 15) is 9.59 Å². The van der Waals surface area contributed by atoms with Crippen LogP contribution in [0.4, 0.5) is 0 Å². The molecule has 2 aliphatic heterocycles. The van der Waals surface area contributed by atoms with Gasteiger partial charge >= 0.3 is 0 Å². The fourth-order valence-corrected chi connectivity index (χ4v) is 2.51. The molecule has 0 aliphatic carbocycles. The Morgan fingerprint density at radius 1 is 1.47 bits per heavy atom. The first kappa shape index (κ1) is 14.0. The SMILES string of the molecule is C=CC(=O)NCC(=O)N1CC(C)(C)O[C@@H]2COC[C@H]21. The van der Waals surface area contributed by atoms with E-state index >= 15 is 0 Å². The molecule has 2 rings (SSSR count). The average Bonchev–Trinajstić information content (AvgIpc) is 2.80. The van der Waals surface area contributed by atoms with Gasteiger partial charge in [-0.15, -0.1) is 0 Å². The van der Waals surface area contributed by atoms with E-state index in [1.54, 1.807) is 4.90 Å². The number of fused-ring (bicyclic) bond motifs is 1. The van der Waals surface area contributed by atoms with Crippen molar-refractivity contribution in [2.75, 3.05) is 26.3 Å². The largest absolute Gasteiger partial charge is 0.376 e. The molecule has 0 radical (unpaired) electrons. The van der Waals surface area contributed by atoms with Crippen molar-refractivity contribution in [1.29, 1.82) is 0 Å². The summed E-state index contributed by atoms with van der Waals surface area (Å²) < 4.78 is 11.3. The Balaban J connectivity index is 2.01. The molecule has 0 aromatic heterocycles. The molecule has 2 amide bonds. The molecule has 19 heavy (non-hydrogen) atoms. The molecule has 2 fully saturated rings. The fourth-order valence-electron chi connectivity index (χ4n) is 2.51. The molecular formula is C13H20N2O4. The number of hydrogen-bond donors (Lipinski definition) is 1. The van der Waals surface area contributed by atoms with Crippen molar-refractivity contribution in [3.05, 3.63) is 12.7 Å². The normalized spacial score (nSPS) is 28.6. The second-order valence-corrected chi connectivity index (χ2v) is 5.46. The van der Waals surface area contributed by atoms with Gasteiger partial charge in [0.1, 0.15) is 6.10 Å². The first-order valence-electron chi connectivity index (χ1n) is 6.38. The molecular weight excluding hydrogens is 248 g/mol. The van der Waals surface area contributed by atoms with Crippen LogP contribution in [-0.4, -0.2) is 60.8 Å². The number of carbonyl (C=O) groups excluding carboxylic acids is 2. The van der Waals surface area contributed by atoms with Gasteiger partial charge in [-0.25, -0.2) is 0 Å². The molecule has 0 aromatic carbocycles. The smallest absolute Gasteiger partial charge is 0.243 e. The van der Waals surface area contributed by atoms with Gasteiger partial charge in [-0.3, -0.25) is 9.59 Å². The summed E-state index contributed by atoms with van der Waals surface area (Å²) in [6, 6.07) is -0.0545. The molecule has 0 unspecified atom stereocenters. The molecule has 6 nitrogen and oxygen atoms in total. The summed E-state index contributed by atoms with van der Waals surface area (Å²) in [5.41, 5.74) is -0.396. The highest BCUT2D eigenvalue weighted by Gasteiger charge is 2.45. The van der Waals surface area contributed by atoms with E-state index in [-0.39, 0.29) is 30.5 Å². The van der Waals surface area contributed by atoms with E-state index < -0.39 is 5.60 Å². The van der Waals surface area contributed by atoms with Crippen molar-refractivity contribution in [2.24, 2.45) is 0 Å². The van der Waals surface area contributed by atoms with Crippen LogP contribution in [0.2, 0.25) is 0 Å². The number of hydrogen-bond acceptors (Lipinski definition) is 4. The van der Waals surface area contributed by atoms with Crippen LogP contribution in [-0.2, 0) is 19.1 Å². The second kappa shape index (κ2) is 5.30. The van der Waals surface area contributed by atoms with Crippen molar-refractivity contribution < 1.29 is 19.1 Å². The number of morpholine rings is 1. The molecule has 106 valence electrons. The molecule has 2 saturated heterocycles. The lowest BCUT2D eigenvalue weighted by molar-refractivity contribution is -0.168. The van der Waals surface area contributed by atoms with Crippen LogP contribution in [0.5, 0.6) is 0 Å². The number of nitrogens with zero attached hydrogens (tertiary/aromatic N) is 1. The van der Waals surface area contributed by atoms with Gasteiger partial charge < -0.3 is 19.7 Å². The molecule has 2 atom stereocenters. The Hall–Kier alpha value is -1.40. The Morgan fingerprint density at radius 3 is 2.89 bits per heavy atom. The molecule has 2 heterocycles. The minimum atomic E-state index is -0.396. The standard InChI is InChI=1S/C13H20N2O4/c1-4-11(16)14-5-12(17)15-8-13(2,3)19-10-7-18-6-9(10)15/h4,9-10H,1,5-8H2,2-3H3,(H,14,16)/t9-,10-/m1/s1. The van der Waals surface area contributed by atoms with E-state index in [1.165, 1.54) is 0 Å². The van der Waals surface area contributed by atoms with E-state index in [4.69, 9.17) is 9.47 Å². The van der Waals surface area contributed by atoms with Gasteiger partial charge in [-0.2, -0.15) is 0 Å². The van der Waals surface area contributed by atoms with Gasteiger partial charge in [-0.05, 0) is 19.9 Å². The maximum Gasteiger partial charge on any atom is 0.243 e. The predicted octanol–water partition coefficient (Wildman–Crippen LogP) is -0.307. The molecule has 0 saturated carbocycles. The highest BCUT2D eigenvalue weighted by Crippen LogP contribution is 2.29. The topological polar surface area (TPSA) is 67.9 Å². The van der Waals surface area contributed by atoms with E-state index in [1.807, 2.05) is 13.8 Å². The summed E-state index contributed by atoms with van der Waals surface area (Å²) in [5, 5.41) is 2.51. The van der Waals surface area contributed by atoms with Gasteiger partial charge in [0.15, 0.2) is 0 Å². The van der Waals surface area contributed by atoms with Crippen LogP contribution >= 0.6 is 0 Å². The van der Waals surface area contributed by atoms with Crippen LogP contribution < -0.4 is 5.32 Å². The lowest BCUT2D eigenvalue weighted by Crippen LogP contribution is -2.61.